The molecule has 4 rings (SSSR count). The number of fused-ring (bicyclic) bond motifs is 4. The molecule has 1 aliphatic carbocycles. The number of nitrogen functional groups attached to an aromatic ring is 1. The van der Waals surface area contributed by atoms with Crippen LogP contribution in [-0.4, -0.2) is 13.0 Å². The van der Waals surface area contributed by atoms with Gasteiger partial charge < -0.3 is 15.2 Å². The lowest BCUT2D eigenvalue weighted by atomic mass is 9.68. The second kappa shape index (κ2) is 4.37. The van der Waals surface area contributed by atoms with Gasteiger partial charge in [0.05, 0.1) is 20.0 Å². The van der Waals surface area contributed by atoms with Gasteiger partial charge in [-0.15, -0.1) is 0 Å². The number of hydrogen-bond acceptors (Lipinski definition) is 3. The summed E-state index contributed by atoms with van der Waals surface area (Å²) in [6, 6.07) is 9.18. The number of benzene rings is 2. The molecular weight excluding hydrogens is 300 g/mol. The van der Waals surface area contributed by atoms with Gasteiger partial charge in [-0.05, 0) is 42.3 Å². The Morgan fingerprint density at radius 2 is 1.87 bits per heavy atom. The summed E-state index contributed by atoms with van der Waals surface area (Å²) in [6.07, 6.45) is -0.652. The summed E-state index contributed by atoms with van der Waals surface area (Å²) in [7, 11) is 1.58. The molecule has 0 radical (unpaired) electrons. The third-order valence-electron chi connectivity index (χ3n) is 4.72. The second-order valence-electron chi connectivity index (χ2n) is 6.43. The number of hydrogen-bond donors (Lipinski definition) is 1. The second-order valence-corrected chi connectivity index (χ2v) is 6.43. The van der Waals surface area contributed by atoms with Crippen LogP contribution in [0.15, 0.2) is 30.3 Å². The highest BCUT2D eigenvalue weighted by atomic mass is 19.3. The predicted octanol–water partition coefficient (Wildman–Crippen LogP) is 4.27. The van der Waals surface area contributed by atoms with E-state index < -0.39 is 11.5 Å². The van der Waals surface area contributed by atoms with E-state index in [0.717, 1.165) is 22.3 Å². The molecule has 1 saturated carbocycles. The number of halogens is 2. The summed E-state index contributed by atoms with van der Waals surface area (Å²) in [5.74, 6) is -1.45. The molecule has 1 spiro atoms. The molecular formula is C18H17F2NO2. The first kappa shape index (κ1) is 14.3. The Morgan fingerprint density at radius 3 is 2.52 bits per heavy atom. The highest BCUT2D eigenvalue weighted by Gasteiger charge is 2.61. The third kappa shape index (κ3) is 1.99. The van der Waals surface area contributed by atoms with E-state index in [0.29, 0.717) is 17.2 Å². The molecule has 2 N–H and O–H groups in total. The maximum atomic E-state index is 13.6. The molecule has 5 heteroatoms. The molecule has 23 heavy (non-hydrogen) atoms. The van der Waals surface area contributed by atoms with E-state index in [1.807, 2.05) is 25.1 Å². The SMILES string of the molecule is COc1cc2c(cc1C)-c1ccc(N)cc1OC21CC(F)(F)C1. The van der Waals surface area contributed by atoms with Gasteiger partial charge in [0.2, 0.25) is 0 Å². The normalized spacial score (nSPS) is 19.3. The molecule has 0 atom stereocenters. The van der Waals surface area contributed by atoms with Crippen LogP contribution >= 0.6 is 0 Å². The van der Waals surface area contributed by atoms with Crippen LogP contribution in [0.1, 0.15) is 24.0 Å². The summed E-state index contributed by atoms with van der Waals surface area (Å²) >= 11 is 0. The Labute approximate surface area is 133 Å². The first-order valence-electron chi connectivity index (χ1n) is 7.49. The quantitative estimate of drug-likeness (QED) is 0.799. The van der Waals surface area contributed by atoms with E-state index in [1.165, 1.54) is 0 Å². The minimum atomic E-state index is -2.70. The van der Waals surface area contributed by atoms with E-state index >= 15 is 0 Å². The van der Waals surface area contributed by atoms with Crippen molar-refractivity contribution in [3.05, 3.63) is 41.5 Å². The largest absolute Gasteiger partial charge is 0.496 e. The van der Waals surface area contributed by atoms with E-state index in [4.69, 9.17) is 15.2 Å². The van der Waals surface area contributed by atoms with E-state index in [9.17, 15) is 8.78 Å². The van der Waals surface area contributed by atoms with Crippen molar-refractivity contribution >= 4 is 5.69 Å². The summed E-state index contributed by atoms with van der Waals surface area (Å²) in [4.78, 5) is 0. The molecule has 1 aliphatic heterocycles. The molecule has 0 aromatic heterocycles. The lowest BCUT2D eigenvalue weighted by Crippen LogP contribution is -2.54. The topological polar surface area (TPSA) is 44.5 Å². The van der Waals surface area contributed by atoms with Gasteiger partial charge in [0.15, 0.2) is 0 Å². The monoisotopic (exact) mass is 317 g/mol. The lowest BCUT2D eigenvalue weighted by Gasteiger charge is -2.50. The van der Waals surface area contributed by atoms with Crippen LogP contribution in [-0.2, 0) is 5.60 Å². The smallest absolute Gasteiger partial charge is 0.256 e. The third-order valence-corrected chi connectivity index (χ3v) is 4.72. The average molecular weight is 317 g/mol. The van der Waals surface area contributed by atoms with Crippen LogP contribution in [0.3, 0.4) is 0 Å². The van der Waals surface area contributed by atoms with Crippen LogP contribution < -0.4 is 15.2 Å². The van der Waals surface area contributed by atoms with Gasteiger partial charge in [0, 0.05) is 22.9 Å². The van der Waals surface area contributed by atoms with Crippen LogP contribution in [0, 0.1) is 6.92 Å². The number of anilines is 1. The first-order valence-corrected chi connectivity index (χ1v) is 7.49. The molecule has 120 valence electrons. The average Bonchev–Trinajstić information content (AvgIpc) is 2.44. The van der Waals surface area contributed by atoms with Crippen molar-refractivity contribution in [3.63, 3.8) is 0 Å². The predicted molar refractivity (Wildman–Crippen MR) is 84.1 cm³/mol. The highest BCUT2D eigenvalue weighted by molar-refractivity contribution is 5.80. The zero-order chi connectivity index (χ0) is 16.4. The summed E-state index contributed by atoms with van der Waals surface area (Å²) < 4.78 is 38.7. The Hall–Kier alpha value is -2.30. The molecule has 1 heterocycles. The van der Waals surface area contributed by atoms with Gasteiger partial charge in [-0.1, -0.05) is 0 Å². The van der Waals surface area contributed by atoms with Crippen molar-refractivity contribution in [2.45, 2.75) is 31.3 Å². The minimum Gasteiger partial charge on any atom is -0.496 e. The Morgan fingerprint density at radius 1 is 1.13 bits per heavy atom. The number of alkyl halides is 2. The maximum Gasteiger partial charge on any atom is 0.256 e. The Kier molecular flexibility index (Phi) is 2.72. The van der Waals surface area contributed by atoms with Crippen molar-refractivity contribution in [2.75, 3.05) is 12.8 Å². The van der Waals surface area contributed by atoms with Crippen LogP contribution in [0.5, 0.6) is 11.5 Å². The van der Waals surface area contributed by atoms with Crippen LogP contribution in [0.25, 0.3) is 11.1 Å². The van der Waals surface area contributed by atoms with Crippen molar-refractivity contribution in [3.8, 4) is 22.6 Å². The van der Waals surface area contributed by atoms with Gasteiger partial charge in [0.25, 0.3) is 5.92 Å². The number of ether oxygens (including phenoxy) is 2. The van der Waals surface area contributed by atoms with Gasteiger partial charge in [-0.2, -0.15) is 0 Å². The van der Waals surface area contributed by atoms with Gasteiger partial charge in [0.1, 0.15) is 17.1 Å². The van der Waals surface area contributed by atoms with E-state index in [1.54, 1.807) is 19.2 Å². The molecule has 3 nitrogen and oxygen atoms in total. The van der Waals surface area contributed by atoms with Crippen molar-refractivity contribution in [2.24, 2.45) is 0 Å². The van der Waals surface area contributed by atoms with E-state index in [-0.39, 0.29) is 12.8 Å². The minimum absolute atomic E-state index is 0.326. The molecule has 0 bridgehead atoms. The molecule has 2 aromatic rings. The highest BCUT2D eigenvalue weighted by Crippen LogP contribution is 2.60. The number of rotatable bonds is 1. The number of methoxy groups -OCH3 is 1. The van der Waals surface area contributed by atoms with Crippen molar-refractivity contribution in [1.82, 2.24) is 0 Å². The van der Waals surface area contributed by atoms with Crippen molar-refractivity contribution < 1.29 is 18.3 Å². The van der Waals surface area contributed by atoms with E-state index in [2.05, 4.69) is 0 Å². The van der Waals surface area contributed by atoms with Crippen LogP contribution in [0.4, 0.5) is 14.5 Å². The number of aryl methyl sites for hydroxylation is 1. The standard InChI is InChI=1S/C18H17F2NO2/c1-10-5-13-12-4-3-11(21)6-16(12)23-17(8-18(19,20)9-17)14(13)7-15(10)22-2/h3-7H,8-9,21H2,1-2H3. The van der Waals surface area contributed by atoms with Gasteiger partial charge in [-0.25, -0.2) is 8.78 Å². The fourth-order valence-corrected chi connectivity index (χ4v) is 3.67. The summed E-state index contributed by atoms with van der Waals surface area (Å²) in [5.41, 5.74) is 8.90. The molecule has 0 saturated heterocycles. The maximum absolute atomic E-state index is 13.6. The fraction of sp³-hybridized carbons (Fsp3) is 0.333. The molecule has 2 aliphatic rings. The molecule has 0 unspecified atom stereocenters. The molecule has 1 fully saturated rings. The zero-order valence-electron chi connectivity index (χ0n) is 13.0. The fourth-order valence-electron chi connectivity index (χ4n) is 3.67. The zero-order valence-corrected chi connectivity index (χ0v) is 13.0. The van der Waals surface area contributed by atoms with Crippen LogP contribution in [0.2, 0.25) is 0 Å². The first-order chi connectivity index (χ1) is 10.8. The molecule has 2 aromatic carbocycles. The van der Waals surface area contributed by atoms with Gasteiger partial charge in [-0.3, -0.25) is 0 Å². The van der Waals surface area contributed by atoms with Crippen molar-refractivity contribution in [1.29, 1.82) is 0 Å². The van der Waals surface area contributed by atoms with Gasteiger partial charge >= 0.3 is 0 Å². The Bertz CT molecular complexity index is 809. The lowest BCUT2D eigenvalue weighted by molar-refractivity contribution is -0.198. The Balaban J connectivity index is 1.96. The molecule has 0 amide bonds. The summed E-state index contributed by atoms with van der Waals surface area (Å²) in [6.45, 7) is 1.94. The number of nitrogens with two attached hydrogens (primary N) is 1. The summed E-state index contributed by atoms with van der Waals surface area (Å²) in [5, 5.41) is 0.